The SMILES string of the molecule is C1CC2OCCN(CCNC3CCOCC3)C2C1. The number of rotatable bonds is 4. The van der Waals surface area contributed by atoms with E-state index in [4.69, 9.17) is 9.47 Å². The molecule has 104 valence electrons. The summed E-state index contributed by atoms with van der Waals surface area (Å²) >= 11 is 0. The Morgan fingerprint density at radius 3 is 2.83 bits per heavy atom. The second kappa shape index (κ2) is 6.33. The Hall–Kier alpha value is -0.160. The van der Waals surface area contributed by atoms with E-state index >= 15 is 0 Å². The van der Waals surface area contributed by atoms with Crippen LogP contribution in [0.25, 0.3) is 0 Å². The van der Waals surface area contributed by atoms with Crippen LogP contribution >= 0.6 is 0 Å². The lowest BCUT2D eigenvalue weighted by atomic mass is 10.1. The highest BCUT2D eigenvalue weighted by atomic mass is 16.5. The fourth-order valence-corrected chi connectivity index (χ4v) is 3.60. The van der Waals surface area contributed by atoms with E-state index in [1.807, 2.05) is 0 Å². The van der Waals surface area contributed by atoms with Crippen molar-refractivity contribution in [2.45, 2.75) is 50.3 Å². The molecule has 3 aliphatic rings. The molecule has 2 saturated heterocycles. The van der Waals surface area contributed by atoms with Gasteiger partial charge in [0.1, 0.15) is 0 Å². The number of hydrogen-bond donors (Lipinski definition) is 1. The number of nitrogens with one attached hydrogen (secondary N) is 1. The van der Waals surface area contributed by atoms with Crippen LogP contribution in [0, 0.1) is 0 Å². The summed E-state index contributed by atoms with van der Waals surface area (Å²) in [5, 5.41) is 3.69. The number of morpholine rings is 1. The third kappa shape index (κ3) is 3.05. The van der Waals surface area contributed by atoms with Crippen LogP contribution in [-0.4, -0.2) is 62.5 Å². The molecule has 1 N–H and O–H groups in total. The van der Waals surface area contributed by atoms with Crippen LogP contribution in [0.4, 0.5) is 0 Å². The van der Waals surface area contributed by atoms with Gasteiger partial charge in [-0.15, -0.1) is 0 Å². The molecule has 0 radical (unpaired) electrons. The van der Waals surface area contributed by atoms with Gasteiger partial charge in [0.25, 0.3) is 0 Å². The van der Waals surface area contributed by atoms with Gasteiger partial charge in [0.2, 0.25) is 0 Å². The Balaban J connectivity index is 1.39. The third-order valence-corrected chi connectivity index (χ3v) is 4.65. The second-order valence-electron chi connectivity index (χ2n) is 5.78. The quantitative estimate of drug-likeness (QED) is 0.812. The fraction of sp³-hybridized carbons (Fsp3) is 1.00. The maximum atomic E-state index is 5.85. The largest absolute Gasteiger partial charge is 0.381 e. The molecule has 2 aliphatic heterocycles. The standard InChI is InChI=1S/C14H26N2O2/c1-2-13-14(3-1)18-11-8-16(13)7-6-15-12-4-9-17-10-5-12/h12-15H,1-11H2. The zero-order valence-corrected chi connectivity index (χ0v) is 11.3. The number of hydrogen-bond acceptors (Lipinski definition) is 4. The van der Waals surface area contributed by atoms with Crippen molar-refractivity contribution in [3.63, 3.8) is 0 Å². The molecule has 4 nitrogen and oxygen atoms in total. The van der Waals surface area contributed by atoms with Gasteiger partial charge in [0, 0.05) is 44.9 Å². The van der Waals surface area contributed by atoms with Gasteiger partial charge < -0.3 is 14.8 Å². The molecule has 2 unspecified atom stereocenters. The van der Waals surface area contributed by atoms with Gasteiger partial charge in [0.05, 0.1) is 12.7 Å². The van der Waals surface area contributed by atoms with E-state index in [9.17, 15) is 0 Å². The van der Waals surface area contributed by atoms with E-state index in [2.05, 4.69) is 10.2 Å². The van der Waals surface area contributed by atoms with Crippen molar-refractivity contribution >= 4 is 0 Å². The van der Waals surface area contributed by atoms with E-state index in [1.54, 1.807) is 0 Å². The van der Waals surface area contributed by atoms with Crippen molar-refractivity contribution < 1.29 is 9.47 Å². The van der Waals surface area contributed by atoms with Crippen LogP contribution in [0.5, 0.6) is 0 Å². The summed E-state index contributed by atoms with van der Waals surface area (Å²) in [6.07, 6.45) is 6.84. The van der Waals surface area contributed by atoms with Gasteiger partial charge in [-0.25, -0.2) is 0 Å². The predicted octanol–water partition coefficient (Wildman–Crippen LogP) is 1.01. The predicted molar refractivity (Wildman–Crippen MR) is 70.8 cm³/mol. The van der Waals surface area contributed by atoms with E-state index in [0.717, 1.165) is 32.9 Å². The highest BCUT2D eigenvalue weighted by Gasteiger charge is 2.35. The number of ether oxygens (including phenoxy) is 2. The lowest BCUT2D eigenvalue weighted by Crippen LogP contribution is -2.51. The van der Waals surface area contributed by atoms with Crippen LogP contribution in [0.2, 0.25) is 0 Å². The summed E-state index contributed by atoms with van der Waals surface area (Å²) in [5.41, 5.74) is 0. The molecule has 2 atom stereocenters. The van der Waals surface area contributed by atoms with Crippen molar-refractivity contribution in [1.82, 2.24) is 10.2 Å². The molecule has 2 heterocycles. The molecule has 3 fully saturated rings. The summed E-state index contributed by atoms with van der Waals surface area (Å²) in [6.45, 7) is 6.21. The van der Waals surface area contributed by atoms with Gasteiger partial charge >= 0.3 is 0 Å². The highest BCUT2D eigenvalue weighted by molar-refractivity contribution is 4.89. The highest BCUT2D eigenvalue weighted by Crippen LogP contribution is 2.29. The van der Waals surface area contributed by atoms with Gasteiger partial charge in [-0.3, -0.25) is 4.90 Å². The molecule has 0 aromatic rings. The average Bonchev–Trinajstić information content (AvgIpc) is 2.89. The molecular weight excluding hydrogens is 228 g/mol. The Morgan fingerprint density at radius 1 is 1.06 bits per heavy atom. The first-order chi connectivity index (χ1) is 8.93. The van der Waals surface area contributed by atoms with Crippen LogP contribution in [0.3, 0.4) is 0 Å². The lowest BCUT2D eigenvalue weighted by Gasteiger charge is -2.38. The number of fused-ring (bicyclic) bond motifs is 1. The maximum Gasteiger partial charge on any atom is 0.0730 e. The topological polar surface area (TPSA) is 33.7 Å². The van der Waals surface area contributed by atoms with E-state index in [1.165, 1.54) is 38.6 Å². The minimum Gasteiger partial charge on any atom is -0.381 e. The molecule has 0 aromatic carbocycles. The van der Waals surface area contributed by atoms with E-state index in [-0.39, 0.29) is 0 Å². The lowest BCUT2D eigenvalue weighted by molar-refractivity contribution is -0.0552. The minimum atomic E-state index is 0.529. The molecule has 0 spiro atoms. The van der Waals surface area contributed by atoms with Gasteiger partial charge in [-0.2, -0.15) is 0 Å². The fourth-order valence-electron chi connectivity index (χ4n) is 3.60. The number of nitrogens with zero attached hydrogens (tertiary/aromatic N) is 1. The molecule has 1 saturated carbocycles. The molecule has 18 heavy (non-hydrogen) atoms. The summed E-state index contributed by atoms with van der Waals surface area (Å²) in [5.74, 6) is 0. The van der Waals surface area contributed by atoms with E-state index in [0.29, 0.717) is 18.2 Å². The maximum absolute atomic E-state index is 5.85. The molecule has 0 amide bonds. The zero-order valence-electron chi connectivity index (χ0n) is 11.3. The monoisotopic (exact) mass is 254 g/mol. The summed E-state index contributed by atoms with van der Waals surface area (Å²) in [7, 11) is 0. The molecule has 1 aliphatic carbocycles. The van der Waals surface area contributed by atoms with E-state index < -0.39 is 0 Å². The normalized spacial score (nSPS) is 34.7. The Morgan fingerprint density at radius 2 is 1.94 bits per heavy atom. The van der Waals surface area contributed by atoms with Crippen molar-refractivity contribution in [1.29, 1.82) is 0 Å². The first kappa shape index (κ1) is 12.9. The Kier molecular flexibility index (Phi) is 4.52. The second-order valence-corrected chi connectivity index (χ2v) is 5.78. The Labute approximate surface area is 110 Å². The van der Waals surface area contributed by atoms with Crippen LogP contribution in [0.1, 0.15) is 32.1 Å². The van der Waals surface area contributed by atoms with Crippen LogP contribution < -0.4 is 5.32 Å². The Bertz CT molecular complexity index is 256. The van der Waals surface area contributed by atoms with Crippen molar-refractivity contribution in [2.24, 2.45) is 0 Å². The van der Waals surface area contributed by atoms with Crippen molar-refractivity contribution in [3.05, 3.63) is 0 Å². The van der Waals surface area contributed by atoms with Crippen molar-refractivity contribution in [3.8, 4) is 0 Å². The van der Waals surface area contributed by atoms with Gasteiger partial charge in [-0.1, -0.05) is 0 Å². The summed E-state index contributed by atoms with van der Waals surface area (Å²) < 4.78 is 11.2. The average molecular weight is 254 g/mol. The van der Waals surface area contributed by atoms with Gasteiger partial charge in [0.15, 0.2) is 0 Å². The first-order valence-electron chi connectivity index (χ1n) is 7.60. The molecule has 4 heteroatoms. The molecule has 3 rings (SSSR count). The van der Waals surface area contributed by atoms with Crippen molar-refractivity contribution in [2.75, 3.05) is 39.5 Å². The van der Waals surface area contributed by atoms with Crippen LogP contribution in [0.15, 0.2) is 0 Å². The van der Waals surface area contributed by atoms with Crippen LogP contribution in [-0.2, 0) is 9.47 Å². The zero-order chi connectivity index (χ0) is 12.2. The summed E-state index contributed by atoms with van der Waals surface area (Å²) in [4.78, 5) is 2.65. The summed E-state index contributed by atoms with van der Waals surface area (Å²) in [6, 6.07) is 1.38. The first-order valence-corrected chi connectivity index (χ1v) is 7.60. The molecular formula is C14H26N2O2. The molecule has 0 bridgehead atoms. The minimum absolute atomic E-state index is 0.529. The molecule has 0 aromatic heterocycles. The van der Waals surface area contributed by atoms with Gasteiger partial charge in [-0.05, 0) is 32.1 Å². The third-order valence-electron chi connectivity index (χ3n) is 4.65. The smallest absolute Gasteiger partial charge is 0.0730 e.